The molecule has 4 aromatic heterocycles. The highest BCUT2D eigenvalue weighted by molar-refractivity contribution is 6.34. The number of fused-ring (bicyclic) bond motifs is 2. The largest absolute Gasteiger partial charge is 0.477 e. The molecular formula is C50H61ClN8O4. The fourth-order valence-electron chi connectivity index (χ4n) is 8.78. The number of aliphatic hydroxyl groups excluding tert-OH is 1. The topological polar surface area (TPSA) is 130 Å². The number of benzene rings is 2. The number of piperidine rings is 2. The van der Waals surface area contributed by atoms with E-state index in [1.807, 2.05) is 36.5 Å². The van der Waals surface area contributed by atoms with Crippen LogP contribution >= 0.6 is 11.6 Å². The van der Waals surface area contributed by atoms with E-state index in [1.165, 1.54) is 48.2 Å². The summed E-state index contributed by atoms with van der Waals surface area (Å²) in [7, 11) is 0. The van der Waals surface area contributed by atoms with Crippen molar-refractivity contribution in [2.75, 3.05) is 102 Å². The number of morpholine rings is 2. The molecule has 12 nitrogen and oxygen atoms in total. The molecule has 10 rings (SSSR count). The molecule has 332 valence electrons. The van der Waals surface area contributed by atoms with E-state index in [2.05, 4.69) is 91.7 Å². The van der Waals surface area contributed by atoms with Crippen LogP contribution in [0.1, 0.15) is 36.8 Å². The standard InChI is InChI=1S/C25H30N4O2.C19H18ClN3O.C6H13NO/c1-18-14-20(6-7-24(18)29-10-12-30-13-11-29)22-15-23-21(5-3-9-27-23)25(28-22)31-17-19-4-2-8-26-16-19;1-13-11-14(4-5-18(13)23-7-9-24-10-8-23)16-12-17-15(19(20)22-16)3-2-6-21-17;8-5-6-2-1-3-7-4-6/h3,5-7,9,14-15,19,26H,2,4,8,10-13,16-17H2,1H3;2-6,11-12H,7-10H2,1H3;6-8H,1-5H2/t19-;;6-/m0.0/s1. The first-order chi connectivity index (χ1) is 30.9. The van der Waals surface area contributed by atoms with Gasteiger partial charge < -0.3 is 39.8 Å². The van der Waals surface area contributed by atoms with Crippen LogP contribution in [0, 0.1) is 25.7 Å². The molecule has 2 aromatic carbocycles. The van der Waals surface area contributed by atoms with Gasteiger partial charge in [-0.15, -0.1) is 0 Å². The Hall–Kier alpha value is -4.95. The lowest BCUT2D eigenvalue weighted by Crippen LogP contribution is -2.36. The first kappa shape index (κ1) is 44.6. The van der Waals surface area contributed by atoms with E-state index in [-0.39, 0.29) is 0 Å². The fourth-order valence-corrected chi connectivity index (χ4v) is 9.03. The summed E-state index contributed by atoms with van der Waals surface area (Å²) in [4.78, 5) is 23.2. The molecule has 8 heterocycles. The molecule has 6 aromatic rings. The Labute approximate surface area is 376 Å². The van der Waals surface area contributed by atoms with Crippen molar-refractivity contribution in [1.82, 2.24) is 30.6 Å². The van der Waals surface area contributed by atoms with Gasteiger partial charge in [0.15, 0.2) is 0 Å². The predicted octanol–water partition coefficient (Wildman–Crippen LogP) is 7.89. The normalized spacial score (nSPS) is 19.2. The van der Waals surface area contributed by atoms with Crippen molar-refractivity contribution >= 4 is 44.8 Å². The number of hydrogen-bond acceptors (Lipinski definition) is 12. The van der Waals surface area contributed by atoms with Crippen molar-refractivity contribution in [1.29, 1.82) is 0 Å². The second-order valence-electron chi connectivity index (χ2n) is 16.9. The summed E-state index contributed by atoms with van der Waals surface area (Å²) < 4.78 is 17.2. The molecule has 0 bridgehead atoms. The highest BCUT2D eigenvalue weighted by Crippen LogP contribution is 2.33. The van der Waals surface area contributed by atoms with Crippen molar-refractivity contribution in [3.8, 4) is 28.4 Å². The van der Waals surface area contributed by atoms with Crippen LogP contribution in [0.3, 0.4) is 0 Å². The van der Waals surface area contributed by atoms with Crippen molar-refractivity contribution in [2.24, 2.45) is 11.8 Å². The van der Waals surface area contributed by atoms with Crippen molar-refractivity contribution in [3.63, 3.8) is 0 Å². The van der Waals surface area contributed by atoms with Gasteiger partial charge in [0.1, 0.15) is 5.15 Å². The number of pyridine rings is 4. The van der Waals surface area contributed by atoms with E-state index in [4.69, 9.17) is 35.9 Å². The average Bonchev–Trinajstić information content (AvgIpc) is 3.34. The van der Waals surface area contributed by atoms with Gasteiger partial charge in [-0.3, -0.25) is 9.97 Å². The number of nitrogens with one attached hydrogen (secondary N) is 2. The summed E-state index contributed by atoms with van der Waals surface area (Å²) in [6.07, 6.45) is 8.43. The molecular weight excluding hydrogens is 812 g/mol. The Morgan fingerprint density at radius 2 is 1.21 bits per heavy atom. The van der Waals surface area contributed by atoms with Crippen LogP contribution in [0.5, 0.6) is 5.88 Å². The molecule has 0 saturated carbocycles. The zero-order chi connectivity index (χ0) is 43.4. The molecule has 0 radical (unpaired) electrons. The first-order valence-electron chi connectivity index (χ1n) is 22.6. The van der Waals surface area contributed by atoms with Crippen LogP contribution in [-0.4, -0.2) is 117 Å². The molecule has 2 atom stereocenters. The number of aryl methyl sites for hydroxylation is 2. The minimum atomic E-state index is 0.354. The van der Waals surface area contributed by atoms with E-state index in [9.17, 15) is 0 Å². The number of anilines is 2. The summed E-state index contributed by atoms with van der Waals surface area (Å²) in [5.41, 5.74) is 10.7. The zero-order valence-corrected chi connectivity index (χ0v) is 37.5. The minimum absolute atomic E-state index is 0.354. The van der Waals surface area contributed by atoms with Crippen molar-refractivity contribution < 1.29 is 19.3 Å². The summed E-state index contributed by atoms with van der Waals surface area (Å²) >= 11 is 6.33. The maximum atomic E-state index is 8.65. The second kappa shape index (κ2) is 22.1. The van der Waals surface area contributed by atoms with Crippen LogP contribution in [0.25, 0.3) is 44.3 Å². The highest BCUT2D eigenvalue weighted by Gasteiger charge is 2.19. The number of aromatic nitrogens is 4. The van der Waals surface area contributed by atoms with Crippen molar-refractivity contribution in [3.05, 3.63) is 101 Å². The number of hydrogen-bond donors (Lipinski definition) is 3. The van der Waals surface area contributed by atoms with Crippen LogP contribution in [0.2, 0.25) is 5.15 Å². The maximum absolute atomic E-state index is 8.65. The number of nitrogens with zero attached hydrogens (tertiary/aromatic N) is 6. The highest BCUT2D eigenvalue weighted by atomic mass is 35.5. The fraction of sp³-hybridized carbons (Fsp3) is 0.440. The molecule has 0 aliphatic carbocycles. The molecule has 4 saturated heterocycles. The molecule has 3 N–H and O–H groups in total. The SMILES string of the molecule is Cc1cc(-c2cc3ncccc3c(Cl)n2)ccc1N1CCOCC1.Cc1cc(-c2cc3ncccc3c(OC[C@H]3CCCNC3)n2)ccc1N1CCOCC1.OC[C@H]1CCCNC1. The number of aliphatic hydroxyl groups is 1. The zero-order valence-electron chi connectivity index (χ0n) is 36.7. The van der Waals surface area contributed by atoms with Gasteiger partial charge in [-0.25, -0.2) is 9.97 Å². The summed E-state index contributed by atoms with van der Waals surface area (Å²) in [5, 5.41) is 17.7. The monoisotopic (exact) mass is 872 g/mol. The minimum Gasteiger partial charge on any atom is -0.477 e. The van der Waals surface area contributed by atoms with Gasteiger partial charge in [0.25, 0.3) is 0 Å². The molecule has 4 aliphatic heterocycles. The summed E-state index contributed by atoms with van der Waals surface area (Å²) in [5.74, 6) is 1.74. The molecule has 0 amide bonds. The van der Waals surface area contributed by atoms with E-state index in [1.54, 1.807) is 6.20 Å². The number of halogens is 1. The lowest BCUT2D eigenvalue weighted by Gasteiger charge is -2.30. The third-order valence-corrected chi connectivity index (χ3v) is 12.6. The second-order valence-corrected chi connectivity index (χ2v) is 17.2. The smallest absolute Gasteiger partial charge is 0.223 e. The molecule has 13 heteroatoms. The van der Waals surface area contributed by atoms with Crippen LogP contribution in [0.15, 0.2) is 85.2 Å². The van der Waals surface area contributed by atoms with Gasteiger partial charge in [-0.05, 0) is 130 Å². The Bertz CT molecular complexity index is 2410. The lowest BCUT2D eigenvalue weighted by atomic mass is 10.0. The van der Waals surface area contributed by atoms with Gasteiger partial charge in [0.2, 0.25) is 5.88 Å². The number of ether oxygens (including phenoxy) is 3. The van der Waals surface area contributed by atoms with E-state index >= 15 is 0 Å². The third kappa shape index (κ3) is 11.6. The maximum Gasteiger partial charge on any atom is 0.223 e. The average molecular weight is 874 g/mol. The molecule has 0 unspecified atom stereocenters. The lowest BCUT2D eigenvalue weighted by molar-refractivity contribution is 0.122. The van der Waals surface area contributed by atoms with Gasteiger partial charge in [0.05, 0.1) is 60.8 Å². The van der Waals surface area contributed by atoms with Gasteiger partial charge >= 0.3 is 0 Å². The third-order valence-electron chi connectivity index (χ3n) is 12.3. The van der Waals surface area contributed by atoms with E-state index in [0.717, 1.165) is 123 Å². The Kier molecular flexibility index (Phi) is 15.7. The Morgan fingerprint density at radius 3 is 1.71 bits per heavy atom. The van der Waals surface area contributed by atoms with Gasteiger partial charge in [0, 0.05) is 92.1 Å². The molecule has 0 spiro atoms. The van der Waals surface area contributed by atoms with E-state index in [0.29, 0.717) is 36.1 Å². The van der Waals surface area contributed by atoms with E-state index < -0.39 is 0 Å². The Morgan fingerprint density at radius 1 is 0.683 bits per heavy atom. The number of rotatable bonds is 8. The van der Waals surface area contributed by atoms with Gasteiger partial charge in [-0.1, -0.05) is 23.7 Å². The summed E-state index contributed by atoms with van der Waals surface area (Å²) in [6.45, 7) is 16.5. The van der Waals surface area contributed by atoms with Crippen molar-refractivity contribution in [2.45, 2.75) is 39.5 Å². The predicted molar refractivity (Wildman–Crippen MR) is 254 cm³/mol. The Balaban J connectivity index is 0.000000150. The van der Waals surface area contributed by atoms with Crippen LogP contribution in [0.4, 0.5) is 11.4 Å². The molecule has 63 heavy (non-hydrogen) atoms. The quantitative estimate of drug-likeness (QED) is 0.129. The van der Waals surface area contributed by atoms with Crippen LogP contribution in [-0.2, 0) is 9.47 Å². The van der Waals surface area contributed by atoms with Crippen LogP contribution < -0.4 is 25.2 Å². The molecule has 4 aliphatic rings. The summed E-state index contributed by atoms with van der Waals surface area (Å²) in [6, 6.07) is 24.9. The molecule has 4 fully saturated rings. The first-order valence-corrected chi connectivity index (χ1v) is 23.0. The van der Waals surface area contributed by atoms with Gasteiger partial charge in [-0.2, -0.15) is 0 Å².